The monoisotopic (exact) mass is 345 g/mol. The van der Waals surface area contributed by atoms with E-state index in [1.807, 2.05) is 36.0 Å². The summed E-state index contributed by atoms with van der Waals surface area (Å²) in [7, 11) is 0. The topological polar surface area (TPSA) is 57.1 Å². The minimum Gasteiger partial charge on any atom is -0.460 e. The van der Waals surface area contributed by atoms with E-state index in [-0.39, 0.29) is 6.10 Å². The van der Waals surface area contributed by atoms with E-state index < -0.39 is 0 Å². The molecule has 0 N–H and O–H groups in total. The summed E-state index contributed by atoms with van der Waals surface area (Å²) in [6.45, 7) is 1.47. The second-order valence-electron chi connectivity index (χ2n) is 5.18. The van der Waals surface area contributed by atoms with Crippen molar-refractivity contribution in [2.24, 2.45) is 0 Å². The van der Waals surface area contributed by atoms with Gasteiger partial charge >= 0.3 is 6.01 Å². The minimum atomic E-state index is 0.131. The molecule has 0 spiro atoms. The van der Waals surface area contributed by atoms with Crippen LogP contribution in [-0.2, 0) is 4.74 Å². The molecule has 5 nitrogen and oxygen atoms in total. The van der Waals surface area contributed by atoms with Gasteiger partial charge in [-0.1, -0.05) is 30.0 Å². The molecular weight excluding hydrogens is 330 g/mol. The molecule has 0 radical (unpaired) electrons. The van der Waals surface area contributed by atoms with Gasteiger partial charge in [0.1, 0.15) is 11.1 Å². The van der Waals surface area contributed by atoms with Crippen molar-refractivity contribution in [2.75, 3.05) is 13.2 Å². The number of thiazole rings is 1. The third-order valence-electron chi connectivity index (χ3n) is 3.60. The number of hydrogen-bond acceptors (Lipinski definition) is 7. The van der Waals surface area contributed by atoms with Gasteiger partial charge in [0.05, 0.1) is 34.6 Å². The zero-order valence-electron chi connectivity index (χ0n) is 12.3. The highest BCUT2D eigenvalue weighted by Crippen LogP contribution is 2.34. The molecule has 23 heavy (non-hydrogen) atoms. The first-order valence-corrected chi connectivity index (χ1v) is 9.15. The van der Waals surface area contributed by atoms with Crippen LogP contribution in [0.15, 0.2) is 45.2 Å². The van der Waals surface area contributed by atoms with E-state index in [0.29, 0.717) is 6.01 Å². The molecule has 3 heterocycles. The highest BCUT2D eigenvalue weighted by molar-refractivity contribution is 8.01. The van der Waals surface area contributed by atoms with Gasteiger partial charge < -0.3 is 9.47 Å². The van der Waals surface area contributed by atoms with Crippen molar-refractivity contribution < 1.29 is 9.47 Å². The van der Waals surface area contributed by atoms with Crippen LogP contribution >= 0.6 is 23.1 Å². The third-order valence-corrected chi connectivity index (χ3v) is 5.51. The molecule has 1 fully saturated rings. The summed E-state index contributed by atoms with van der Waals surface area (Å²) in [6.07, 6.45) is 3.75. The van der Waals surface area contributed by atoms with Crippen LogP contribution in [0.5, 0.6) is 6.01 Å². The molecule has 4 rings (SSSR count). The second kappa shape index (κ2) is 6.82. The van der Waals surface area contributed by atoms with Gasteiger partial charge in [-0.25, -0.2) is 0 Å². The van der Waals surface area contributed by atoms with Crippen LogP contribution in [-0.4, -0.2) is 34.3 Å². The molecule has 0 saturated carbocycles. The SMILES string of the molecule is c1ccc2c(Sc3cncs3)nc(OC3CCOCC3)nc2c1. The quantitative estimate of drug-likeness (QED) is 0.671. The van der Waals surface area contributed by atoms with E-state index >= 15 is 0 Å². The van der Waals surface area contributed by atoms with Crippen molar-refractivity contribution in [1.82, 2.24) is 15.0 Å². The Morgan fingerprint density at radius 3 is 2.87 bits per heavy atom. The zero-order valence-corrected chi connectivity index (χ0v) is 14.0. The number of para-hydroxylation sites is 1. The molecule has 3 aromatic rings. The Bertz CT molecular complexity index is 789. The molecule has 0 aliphatic carbocycles. The predicted molar refractivity (Wildman–Crippen MR) is 90.2 cm³/mol. The fourth-order valence-corrected chi connectivity index (χ4v) is 4.07. The highest BCUT2D eigenvalue weighted by Gasteiger charge is 2.18. The van der Waals surface area contributed by atoms with Crippen molar-refractivity contribution in [3.05, 3.63) is 36.0 Å². The van der Waals surface area contributed by atoms with E-state index in [0.717, 1.165) is 46.2 Å². The first-order valence-electron chi connectivity index (χ1n) is 7.46. The van der Waals surface area contributed by atoms with Gasteiger partial charge in [-0.2, -0.15) is 9.97 Å². The van der Waals surface area contributed by atoms with E-state index in [2.05, 4.69) is 15.0 Å². The van der Waals surface area contributed by atoms with Gasteiger partial charge in [0.15, 0.2) is 0 Å². The molecular formula is C16H15N3O2S2. The van der Waals surface area contributed by atoms with Crippen LogP contribution in [0.25, 0.3) is 10.9 Å². The summed E-state index contributed by atoms with van der Waals surface area (Å²) in [5, 5.41) is 1.94. The number of ether oxygens (including phenoxy) is 2. The van der Waals surface area contributed by atoms with Crippen LogP contribution in [0.4, 0.5) is 0 Å². The molecule has 2 aromatic heterocycles. The first kappa shape index (κ1) is 14.9. The second-order valence-corrected chi connectivity index (χ2v) is 7.36. The summed E-state index contributed by atoms with van der Waals surface area (Å²) in [4.78, 5) is 13.3. The zero-order chi connectivity index (χ0) is 15.5. The maximum absolute atomic E-state index is 6.00. The molecule has 1 aromatic carbocycles. The fraction of sp³-hybridized carbons (Fsp3) is 0.312. The number of aromatic nitrogens is 3. The van der Waals surface area contributed by atoms with E-state index in [1.165, 1.54) is 0 Å². The van der Waals surface area contributed by atoms with Crippen molar-refractivity contribution in [3.8, 4) is 6.01 Å². The molecule has 0 amide bonds. The summed E-state index contributed by atoms with van der Waals surface area (Å²) < 4.78 is 12.5. The lowest BCUT2D eigenvalue weighted by atomic mass is 10.2. The lowest BCUT2D eigenvalue weighted by Gasteiger charge is -2.22. The number of benzene rings is 1. The van der Waals surface area contributed by atoms with Crippen LogP contribution in [0.2, 0.25) is 0 Å². The van der Waals surface area contributed by atoms with Gasteiger partial charge in [0.25, 0.3) is 0 Å². The van der Waals surface area contributed by atoms with Crippen LogP contribution in [0, 0.1) is 0 Å². The van der Waals surface area contributed by atoms with Gasteiger partial charge in [0.2, 0.25) is 0 Å². The Kier molecular flexibility index (Phi) is 4.41. The summed E-state index contributed by atoms with van der Waals surface area (Å²) in [5.74, 6) is 0. The fourth-order valence-electron chi connectivity index (χ4n) is 2.45. The smallest absolute Gasteiger partial charge is 0.318 e. The van der Waals surface area contributed by atoms with Gasteiger partial charge in [-0.05, 0) is 6.07 Å². The average molecular weight is 345 g/mol. The molecule has 118 valence electrons. The van der Waals surface area contributed by atoms with Crippen molar-refractivity contribution in [2.45, 2.75) is 28.2 Å². The maximum Gasteiger partial charge on any atom is 0.318 e. The number of nitrogens with zero attached hydrogens (tertiary/aromatic N) is 3. The van der Waals surface area contributed by atoms with Gasteiger partial charge in [0, 0.05) is 18.2 Å². The predicted octanol–water partition coefficient (Wildman–Crippen LogP) is 3.80. The van der Waals surface area contributed by atoms with Crippen molar-refractivity contribution in [3.63, 3.8) is 0 Å². The first-order chi connectivity index (χ1) is 11.4. The lowest BCUT2D eigenvalue weighted by Crippen LogP contribution is -2.26. The highest BCUT2D eigenvalue weighted by atomic mass is 32.2. The molecule has 0 atom stereocenters. The summed E-state index contributed by atoms with van der Waals surface area (Å²) in [5.41, 5.74) is 2.72. The standard InChI is InChI=1S/C16H15N3O2S2/c1-2-4-13-12(3-1)15(23-14-9-17-10-22-14)19-16(18-13)21-11-5-7-20-8-6-11/h1-4,9-11H,5-8H2. The van der Waals surface area contributed by atoms with Crippen molar-refractivity contribution in [1.29, 1.82) is 0 Å². The Morgan fingerprint density at radius 1 is 1.17 bits per heavy atom. The number of fused-ring (bicyclic) bond motifs is 1. The van der Waals surface area contributed by atoms with Crippen LogP contribution < -0.4 is 4.74 Å². The Hall–Kier alpha value is -1.70. The Labute approximate surface area is 142 Å². The summed E-state index contributed by atoms with van der Waals surface area (Å²) >= 11 is 3.20. The lowest BCUT2D eigenvalue weighted by molar-refractivity contribution is 0.0216. The van der Waals surface area contributed by atoms with E-state index in [9.17, 15) is 0 Å². The van der Waals surface area contributed by atoms with Gasteiger partial charge in [-0.15, -0.1) is 11.3 Å². The van der Waals surface area contributed by atoms with Crippen LogP contribution in [0.1, 0.15) is 12.8 Å². The Morgan fingerprint density at radius 2 is 2.04 bits per heavy atom. The molecule has 7 heteroatoms. The van der Waals surface area contributed by atoms with Crippen LogP contribution in [0.3, 0.4) is 0 Å². The molecule has 1 aliphatic rings. The summed E-state index contributed by atoms with van der Waals surface area (Å²) in [6, 6.07) is 8.46. The molecule has 0 bridgehead atoms. The average Bonchev–Trinajstić information content (AvgIpc) is 3.09. The Balaban J connectivity index is 1.67. The largest absolute Gasteiger partial charge is 0.460 e. The maximum atomic E-state index is 6.00. The number of rotatable bonds is 4. The molecule has 1 saturated heterocycles. The molecule has 0 unspecified atom stereocenters. The van der Waals surface area contributed by atoms with Gasteiger partial charge in [-0.3, -0.25) is 4.98 Å². The van der Waals surface area contributed by atoms with E-state index in [4.69, 9.17) is 9.47 Å². The third kappa shape index (κ3) is 3.46. The normalized spacial score (nSPS) is 15.8. The number of hydrogen-bond donors (Lipinski definition) is 0. The van der Waals surface area contributed by atoms with Crippen molar-refractivity contribution >= 4 is 34.0 Å². The minimum absolute atomic E-state index is 0.131. The molecule has 1 aliphatic heterocycles. The van der Waals surface area contributed by atoms with E-state index in [1.54, 1.807) is 23.1 Å².